The Balaban J connectivity index is 2.66. The average Bonchev–Trinajstić information content (AvgIpc) is 2.26. The Bertz CT molecular complexity index is 326. The highest BCUT2D eigenvalue weighted by Crippen LogP contribution is 2.14. The van der Waals surface area contributed by atoms with E-state index in [1.807, 2.05) is 0 Å². The van der Waals surface area contributed by atoms with Crippen molar-refractivity contribution in [2.45, 2.75) is 6.17 Å². The molecule has 1 atom stereocenters. The van der Waals surface area contributed by atoms with Crippen molar-refractivity contribution < 1.29 is 10.0 Å². The van der Waals surface area contributed by atoms with Crippen LogP contribution >= 0.6 is 0 Å². The molecule has 4 N–H and O–H groups in total. The van der Waals surface area contributed by atoms with Crippen molar-refractivity contribution in [3.05, 3.63) is 39.9 Å². The maximum atomic E-state index is 10.4. The molecule has 82 valence electrons. The maximum absolute atomic E-state index is 10.4. The molecule has 0 spiro atoms. The van der Waals surface area contributed by atoms with E-state index in [-0.39, 0.29) is 12.3 Å². The average molecular weight is 211 g/mol. The topological polar surface area (TPSA) is 101 Å². The van der Waals surface area contributed by atoms with Crippen molar-refractivity contribution in [2.75, 3.05) is 13.2 Å². The SMILES string of the molecule is N[C@H](NCCO)c1ccc([N+](=O)[O-])cc1. The minimum atomic E-state index is -0.462. The molecule has 0 fully saturated rings. The fourth-order valence-electron chi connectivity index (χ4n) is 1.14. The number of nitrogens with one attached hydrogen (secondary N) is 1. The summed E-state index contributed by atoms with van der Waals surface area (Å²) in [6.07, 6.45) is -0.419. The van der Waals surface area contributed by atoms with Crippen LogP contribution in [0.1, 0.15) is 11.7 Å². The molecule has 0 saturated carbocycles. The van der Waals surface area contributed by atoms with E-state index in [2.05, 4.69) is 5.32 Å². The lowest BCUT2D eigenvalue weighted by atomic mass is 10.1. The summed E-state index contributed by atoms with van der Waals surface area (Å²) in [6.45, 7) is 0.388. The van der Waals surface area contributed by atoms with E-state index in [4.69, 9.17) is 10.8 Å². The molecule has 0 aliphatic rings. The van der Waals surface area contributed by atoms with Crippen LogP contribution in [0.25, 0.3) is 0 Å². The Labute approximate surface area is 86.9 Å². The predicted molar refractivity (Wildman–Crippen MR) is 55.1 cm³/mol. The number of nitrogens with two attached hydrogens (primary N) is 1. The highest BCUT2D eigenvalue weighted by atomic mass is 16.6. The van der Waals surface area contributed by atoms with Gasteiger partial charge in [0.1, 0.15) is 0 Å². The first-order chi connectivity index (χ1) is 7.15. The zero-order valence-corrected chi connectivity index (χ0v) is 8.09. The van der Waals surface area contributed by atoms with Gasteiger partial charge in [0.25, 0.3) is 5.69 Å². The quantitative estimate of drug-likeness (QED) is 0.365. The van der Waals surface area contributed by atoms with Crippen molar-refractivity contribution in [1.29, 1.82) is 0 Å². The van der Waals surface area contributed by atoms with Crippen LogP contribution in [0.5, 0.6) is 0 Å². The third kappa shape index (κ3) is 3.28. The summed E-state index contributed by atoms with van der Waals surface area (Å²) in [5, 5.41) is 21.8. The zero-order chi connectivity index (χ0) is 11.3. The number of hydrogen-bond acceptors (Lipinski definition) is 5. The summed E-state index contributed by atoms with van der Waals surface area (Å²) in [4.78, 5) is 9.92. The van der Waals surface area contributed by atoms with Crippen LogP contribution in [0.3, 0.4) is 0 Å². The van der Waals surface area contributed by atoms with Crippen molar-refractivity contribution in [2.24, 2.45) is 5.73 Å². The van der Waals surface area contributed by atoms with Crippen LogP contribution in [-0.4, -0.2) is 23.2 Å². The fourth-order valence-corrected chi connectivity index (χ4v) is 1.14. The molecule has 0 unspecified atom stereocenters. The van der Waals surface area contributed by atoms with Crippen LogP contribution < -0.4 is 11.1 Å². The molecule has 1 aromatic rings. The van der Waals surface area contributed by atoms with Gasteiger partial charge in [-0.2, -0.15) is 0 Å². The maximum Gasteiger partial charge on any atom is 0.269 e. The van der Waals surface area contributed by atoms with E-state index in [0.29, 0.717) is 6.54 Å². The van der Waals surface area contributed by atoms with E-state index in [1.165, 1.54) is 12.1 Å². The monoisotopic (exact) mass is 211 g/mol. The molecule has 6 nitrogen and oxygen atoms in total. The lowest BCUT2D eigenvalue weighted by molar-refractivity contribution is -0.384. The minimum absolute atomic E-state index is 0.000676. The van der Waals surface area contributed by atoms with Crippen molar-refractivity contribution in [1.82, 2.24) is 5.32 Å². The molecule has 0 heterocycles. The Morgan fingerprint density at radius 1 is 1.47 bits per heavy atom. The number of aliphatic hydroxyl groups is 1. The van der Waals surface area contributed by atoms with Gasteiger partial charge in [0.05, 0.1) is 17.7 Å². The summed E-state index contributed by atoms with van der Waals surface area (Å²) >= 11 is 0. The highest BCUT2D eigenvalue weighted by molar-refractivity contribution is 5.33. The molecule has 0 saturated heterocycles. The van der Waals surface area contributed by atoms with Crippen LogP contribution in [0.2, 0.25) is 0 Å². The van der Waals surface area contributed by atoms with Crippen molar-refractivity contribution in [3.8, 4) is 0 Å². The van der Waals surface area contributed by atoms with E-state index < -0.39 is 11.1 Å². The number of rotatable bonds is 5. The smallest absolute Gasteiger partial charge is 0.269 e. The van der Waals surface area contributed by atoms with Gasteiger partial charge in [0.2, 0.25) is 0 Å². The zero-order valence-electron chi connectivity index (χ0n) is 8.09. The van der Waals surface area contributed by atoms with Crippen LogP contribution in [0.4, 0.5) is 5.69 Å². The molecule has 0 radical (unpaired) electrons. The van der Waals surface area contributed by atoms with Gasteiger partial charge in [-0.3, -0.25) is 15.4 Å². The Morgan fingerprint density at radius 2 is 2.07 bits per heavy atom. The number of nitro benzene ring substituents is 1. The lowest BCUT2D eigenvalue weighted by Crippen LogP contribution is -2.30. The molecular weight excluding hydrogens is 198 g/mol. The van der Waals surface area contributed by atoms with Gasteiger partial charge in [0, 0.05) is 18.7 Å². The molecule has 0 bridgehead atoms. The number of aliphatic hydroxyl groups excluding tert-OH is 1. The molecular formula is C9H13N3O3. The number of hydrogen-bond donors (Lipinski definition) is 3. The van der Waals surface area contributed by atoms with E-state index in [9.17, 15) is 10.1 Å². The largest absolute Gasteiger partial charge is 0.395 e. The normalized spacial score (nSPS) is 12.4. The molecule has 0 aliphatic carbocycles. The molecule has 0 aliphatic heterocycles. The molecule has 0 aromatic heterocycles. The van der Waals surface area contributed by atoms with Crippen molar-refractivity contribution >= 4 is 5.69 Å². The van der Waals surface area contributed by atoms with E-state index in [0.717, 1.165) is 5.56 Å². The molecule has 6 heteroatoms. The molecule has 0 amide bonds. The molecule has 1 rings (SSSR count). The van der Waals surface area contributed by atoms with E-state index in [1.54, 1.807) is 12.1 Å². The Morgan fingerprint density at radius 3 is 2.53 bits per heavy atom. The van der Waals surface area contributed by atoms with Gasteiger partial charge in [0.15, 0.2) is 0 Å². The van der Waals surface area contributed by atoms with Crippen LogP contribution in [-0.2, 0) is 0 Å². The number of nitro groups is 1. The predicted octanol–water partition coefficient (Wildman–Crippen LogP) is 0.134. The summed E-state index contributed by atoms with van der Waals surface area (Å²) < 4.78 is 0. The fraction of sp³-hybridized carbons (Fsp3) is 0.333. The van der Waals surface area contributed by atoms with E-state index >= 15 is 0 Å². The molecule has 15 heavy (non-hydrogen) atoms. The second-order valence-corrected chi connectivity index (χ2v) is 3.00. The summed E-state index contributed by atoms with van der Waals surface area (Å²) in [6, 6.07) is 5.98. The minimum Gasteiger partial charge on any atom is -0.395 e. The van der Waals surface area contributed by atoms with Gasteiger partial charge in [-0.05, 0) is 17.7 Å². The van der Waals surface area contributed by atoms with Gasteiger partial charge in [-0.1, -0.05) is 0 Å². The third-order valence-electron chi connectivity index (χ3n) is 1.94. The Kier molecular flexibility index (Phi) is 4.17. The third-order valence-corrected chi connectivity index (χ3v) is 1.94. The second-order valence-electron chi connectivity index (χ2n) is 3.00. The number of nitrogens with zero attached hydrogens (tertiary/aromatic N) is 1. The lowest BCUT2D eigenvalue weighted by Gasteiger charge is -2.12. The van der Waals surface area contributed by atoms with Gasteiger partial charge < -0.3 is 10.8 Å². The number of non-ortho nitro benzene ring substituents is 1. The van der Waals surface area contributed by atoms with Crippen molar-refractivity contribution in [3.63, 3.8) is 0 Å². The van der Waals surface area contributed by atoms with Gasteiger partial charge >= 0.3 is 0 Å². The highest BCUT2D eigenvalue weighted by Gasteiger charge is 2.08. The second kappa shape index (κ2) is 5.40. The van der Waals surface area contributed by atoms with Gasteiger partial charge in [-0.15, -0.1) is 0 Å². The van der Waals surface area contributed by atoms with Crippen LogP contribution in [0, 0.1) is 10.1 Å². The standard InChI is InChI=1S/C9H13N3O3/c10-9(11-5-6-13)7-1-3-8(4-2-7)12(14)15/h1-4,9,11,13H,5-6,10H2/t9-/m1/s1. The Hall–Kier alpha value is -1.50. The first-order valence-corrected chi connectivity index (χ1v) is 4.49. The summed E-state index contributed by atoms with van der Waals surface area (Å²) in [7, 11) is 0. The summed E-state index contributed by atoms with van der Waals surface area (Å²) in [5.41, 5.74) is 6.49. The van der Waals surface area contributed by atoms with Crippen LogP contribution in [0.15, 0.2) is 24.3 Å². The molecule has 1 aromatic carbocycles. The summed E-state index contributed by atoms with van der Waals surface area (Å²) in [5.74, 6) is 0. The number of benzene rings is 1. The first kappa shape index (κ1) is 11.6. The first-order valence-electron chi connectivity index (χ1n) is 4.49. The van der Waals surface area contributed by atoms with Gasteiger partial charge in [-0.25, -0.2) is 0 Å².